The van der Waals surface area contributed by atoms with Gasteiger partial charge >= 0.3 is 0 Å². The zero-order valence-electron chi connectivity index (χ0n) is 14.9. The van der Waals surface area contributed by atoms with E-state index in [1.165, 1.54) is 24.0 Å². The Kier molecular flexibility index (Phi) is 4.34. The van der Waals surface area contributed by atoms with Crippen molar-refractivity contribution in [2.45, 2.75) is 56.7 Å². The summed E-state index contributed by atoms with van der Waals surface area (Å²) in [6.45, 7) is 2.20. The average Bonchev–Trinajstić information content (AvgIpc) is 2.98. The van der Waals surface area contributed by atoms with Crippen LogP contribution in [-0.2, 0) is 11.8 Å². The molecule has 132 valence electrons. The predicted molar refractivity (Wildman–Crippen MR) is 97.2 cm³/mol. The second-order valence-corrected chi connectivity index (χ2v) is 7.51. The van der Waals surface area contributed by atoms with Crippen molar-refractivity contribution in [3.05, 3.63) is 53.6 Å². The number of amides is 1. The average molecular weight is 338 g/mol. The third kappa shape index (κ3) is 3.21. The van der Waals surface area contributed by atoms with Crippen LogP contribution >= 0.6 is 0 Å². The van der Waals surface area contributed by atoms with E-state index in [4.69, 9.17) is 0 Å². The Bertz CT molecular complexity index is 763. The van der Waals surface area contributed by atoms with Crippen molar-refractivity contribution in [1.82, 2.24) is 20.2 Å². The van der Waals surface area contributed by atoms with Gasteiger partial charge in [0.2, 0.25) is 5.91 Å². The first kappa shape index (κ1) is 16.3. The third-order valence-electron chi connectivity index (χ3n) is 5.79. The van der Waals surface area contributed by atoms with Crippen LogP contribution in [0.5, 0.6) is 0 Å². The van der Waals surface area contributed by atoms with E-state index in [1.54, 1.807) is 6.33 Å². The van der Waals surface area contributed by atoms with Gasteiger partial charge in [-0.05, 0) is 43.2 Å². The minimum atomic E-state index is 0.00580. The van der Waals surface area contributed by atoms with Crippen molar-refractivity contribution in [2.24, 2.45) is 7.05 Å². The lowest BCUT2D eigenvalue weighted by Gasteiger charge is -2.42. The molecule has 2 fully saturated rings. The van der Waals surface area contributed by atoms with Gasteiger partial charge in [-0.2, -0.15) is 0 Å². The number of aromatic nitrogens is 2. The predicted octanol–water partition coefficient (Wildman–Crippen LogP) is 2.58. The van der Waals surface area contributed by atoms with Crippen LogP contribution in [0.15, 0.2) is 36.8 Å². The van der Waals surface area contributed by atoms with E-state index >= 15 is 0 Å². The number of piperidine rings is 1. The van der Waals surface area contributed by atoms with E-state index in [0.717, 1.165) is 12.1 Å². The van der Waals surface area contributed by atoms with Crippen molar-refractivity contribution in [2.75, 3.05) is 0 Å². The fourth-order valence-electron chi connectivity index (χ4n) is 4.28. The van der Waals surface area contributed by atoms with Crippen LogP contribution in [-0.4, -0.2) is 27.5 Å². The number of rotatable bonds is 4. The standard InChI is InChI=1S/C20H26N4O/c1-13-5-3-4-6-16(13)14-9-15(10-14)22-17-7-8-19(25)23-20(17)18-11-21-12-24(18)2/h3-6,11-12,14-15,17,20,22H,7-10H2,1-2H3,(H,23,25)/t14?,15?,17-,20-/m1/s1. The number of nitrogens with zero attached hydrogens (tertiary/aromatic N) is 2. The highest BCUT2D eigenvalue weighted by atomic mass is 16.1. The Morgan fingerprint density at radius 3 is 2.80 bits per heavy atom. The van der Waals surface area contributed by atoms with Gasteiger partial charge in [0.05, 0.1) is 24.3 Å². The molecule has 2 aliphatic rings. The van der Waals surface area contributed by atoms with Crippen LogP contribution in [0.25, 0.3) is 0 Å². The minimum Gasteiger partial charge on any atom is -0.346 e. The molecule has 2 atom stereocenters. The molecule has 5 heteroatoms. The van der Waals surface area contributed by atoms with Gasteiger partial charge < -0.3 is 15.2 Å². The first-order valence-electron chi connectivity index (χ1n) is 9.19. The van der Waals surface area contributed by atoms with Crippen molar-refractivity contribution in [3.8, 4) is 0 Å². The highest BCUT2D eigenvalue weighted by Gasteiger charge is 2.37. The molecular weight excluding hydrogens is 312 g/mol. The molecule has 2 N–H and O–H groups in total. The van der Waals surface area contributed by atoms with Crippen LogP contribution in [0.2, 0.25) is 0 Å². The molecular formula is C20H26N4O. The normalized spacial score (nSPS) is 29.1. The highest BCUT2D eigenvalue weighted by molar-refractivity contribution is 5.77. The second kappa shape index (κ2) is 6.64. The Morgan fingerprint density at radius 2 is 2.08 bits per heavy atom. The first-order valence-corrected chi connectivity index (χ1v) is 9.19. The summed E-state index contributed by atoms with van der Waals surface area (Å²) in [5.41, 5.74) is 3.95. The van der Waals surface area contributed by atoms with E-state index in [0.29, 0.717) is 18.4 Å². The second-order valence-electron chi connectivity index (χ2n) is 7.51. The number of hydrogen-bond acceptors (Lipinski definition) is 3. The maximum Gasteiger partial charge on any atom is 0.220 e. The largest absolute Gasteiger partial charge is 0.346 e. The van der Waals surface area contributed by atoms with Crippen LogP contribution in [0.1, 0.15) is 54.5 Å². The quantitative estimate of drug-likeness (QED) is 0.901. The van der Waals surface area contributed by atoms with E-state index in [1.807, 2.05) is 17.8 Å². The van der Waals surface area contributed by atoms with E-state index in [2.05, 4.69) is 46.8 Å². The molecule has 1 saturated carbocycles. The molecule has 25 heavy (non-hydrogen) atoms. The molecule has 1 saturated heterocycles. The van der Waals surface area contributed by atoms with E-state index in [-0.39, 0.29) is 18.0 Å². The van der Waals surface area contributed by atoms with Crippen molar-refractivity contribution >= 4 is 5.91 Å². The summed E-state index contributed by atoms with van der Waals surface area (Å²) in [4.78, 5) is 16.1. The molecule has 0 bridgehead atoms. The summed E-state index contributed by atoms with van der Waals surface area (Å²) >= 11 is 0. The summed E-state index contributed by atoms with van der Waals surface area (Å²) in [5, 5.41) is 6.96. The van der Waals surface area contributed by atoms with Gasteiger partial charge in [0.15, 0.2) is 0 Å². The topological polar surface area (TPSA) is 59.0 Å². The van der Waals surface area contributed by atoms with Crippen LogP contribution < -0.4 is 10.6 Å². The SMILES string of the molecule is Cc1ccccc1C1CC(N[C@@H]2CCC(=O)N[C@H]2c2cncn2C)C1. The maximum atomic E-state index is 11.9. The Hall–Kier alpha value is -2.14. The van der Waals surface area contributed by atoms with Crippen molar-refractivity contribution in [3.63, 3.8) is 0 Å². The summed E-state index contributed by atoms with van der Waals surface area (Å²) in [7, 11) is 1.98. The van der Waals surface area contributed by atoms with Gasteiger partial charge in [-0.3, -0.25) is 4.79 Å². The van der Waals surface area contributed by atoms with Gasteiger partial charge in [-0.15, -0.1) is 0 Å². The number of carbonyl (C=O) groups excluding carboxylic acids is 1. The molecule has 5 nitrogen and oxygen atoms in total. The number of hydrogen-bond donors (Lipinski definition) is 2. The molecule has 1 aromatic heterocycles. The Balaban J connectivity index is 1.41. The highest BCUT2D eigenvalue weighted by Crippen LogP contribution is 2.39. The molecule has 4 rings (SSSR count). The van der Waals surface area contributed by atoms with Gasteiger partial charge in [-0.1, -0.05) is 24.3 Å². The minimum absolute atomic E-state index is 0.00580. The number of aryl methyl sites for hydroxylation is 2. The van der Waals surface area contributed by atoms with Gasteiger partial charge in [0.1, 0.15) is 0 Å². The van der Waals surface area contributed by atoms with Gasteiger partial charge in [0.25, 0.3) is 0 Å². The lowest BCUT2D eigenvalue weighted by molar-refractivity contribution is -0.124. The first-order chi connectivity index (χ1) is 12.1. The third-order valence-corrected chi connectivity index (χ3v) is 5.79. The monoisotopic (exact) mass is 338 g/mol. The van der Waals surface area contributed by atoms with E-state index < -0.39 is 0 Å². The summed E-state index contributed by atoms with van der Waals surface area (Å²) in [6.07, 6.45) is 7.49. The lowest BCUT2D eigenvalue weighted by Crippen LogP contribution is -2.54. The zero-order valence-corrected chi connectivity index (χ0v) is 14.9. The number of imidazole rings is 1. The molecule has 2 aromatic rings. The van der Waals surface area contributed by atoms with Crippen molar-refractivity contribution < 1.29 is 4.79 Å². The van der Waals surface area contributed by atoms with Crippen LogP contribution in [0, 0.1) is 6.92 Å². The maximum absolute atomic E-state index is 11.9. The molecule has 1 amide bonds. The molecule has 2 heterocycles. The number of benzene rings is 1. The molecule has 0 unspecified atom stereocenters. The fourth-order valence-corrected chi connectivity index (χ4v) is 4.28. The van der Waals surface area contributed by atoms with Crippen LogP contribution in [0.4, 0.5) is 0 Å². The van der Waals surface area contributed by atoms with E-state index in [9.17, 15) is 4.79 Å². The Labute approximate surface area is 148 Å². The summed E-state index contributed by atoms with van der Waals surface area (Å²) < 4.78 is 2.00. The lowest BCUT2D eigenvalue weighted by atomic mass is 9.74. The fraction of sp³-hybridized carbons (Fsp3) is 0.500. The molecule has 0 radical (unpaired) electrons. The smallest absolute Gasteiger partial charge is 0.220 e. The summed E-state index contributed by atoms with van der Waals surface area (Å²) in [6, 6.07) is 9.51. The number of nitrogens with one attached hydrogen (secondary N) is 2. The molecule has 1 aromatic carbocycles. The molecule has 1 aliphatic heterocycles. The number of carbonyl (C=O) groups is 1. The molecule has 0 spiro atoms. The van der Waals surface area contributed by atoms with Gasteiger partial charge in [-0.25, -0.2) is 4.98 Å². The zero-order chi connectivity index (χ0) is 17.4. The van der Waals surface area contributed by atoms with Crippen LogP contribution in [0.3, 0.4) is 0 Å². The van der Waals surface area contributed by atoms with Gasteiger partial charge in [0, 0.05) is 25.6 Å². The Morgan fingerprint density at radius 1 is 1.28 bits per heavy atom. The molecule has 1 aliphatic carbocycles. The van der Waals surface area contributed by atoms with Crippen molar-refractivity contribution in [1.29, 1.82) is 0 Å². The summed E-state index contributed by atoms with van der Waals surface area (Å²) in [5.74, 6) is 0.794.